The number of nitrogens with zero attached hydrogens (tertiary/aromatic N) is 3. The first-order valence-electron chi connectivity index (χ1n) is 15.0. The predicted molar refractivity (Wildman–Crippen MR) is 165 cm³/mol. The van der Waals surface area contributed by atoms with Crippen molar-refractivity contribution < 1.29 is 32.3 Å². The molecule has 0 saturated carbocycles. The Bertz CT molecular complexity index is 1690. The number of hydrogen-bond acceptors (Lipinski definition) is 5. The summed E-state index contributed by atoms with van der Waals surface area (Å²) in [6.45, 7) is 5.99. The molecule has 242 valence electrons. The van der Waals surface area contributed by atoms with E-state index in [0.29, 0.717) is 34.7 Å². The molecule has 0 spiro atoms. The topological polar surface area (TPSA) is 99.5 Å². The van der Waals surface area contributed by atoms with Gasteiger partial charge in [0, 0.05) is 30.1 Å². The van der Waals surface area contributed by atoms with Gasteiger partial charge in [-0.2, -0.15) is 18.3 Å². The van der Waals surface area contributed by atoms with Crippen LogP contribution >= 0.6 is 0 Å². The molecule has 1 aromatic heterocycles. The molecule has 3 atom stereocenters. The van der Waals surface area contributed by atoms with Crippen molar-refractivity contribution in [3.63, 3.8) is 0 Å². The molecule has 0 fully saturated rings. The first-order chi connectivity index (χ1) is 21.9. The normalized spacial score (nSPS) is 17.2. The molecule has 0 aliphatic carbocycles. The lowest BCUT2D eigenvalue weighted by atomic mass is 9.80. The van der Waals surface area contributed by atoms with E-state index in [2.05, 4.69) is 10.6 Å². The standard InChI is InChI=1S/C34H35F4N5O3/c1-4-42-32-29(26(19-39-27(44)17-20(2)3)41-43(32)25-11-6-5-7-12-25)28(21-13-15-24(35)16-14-21)30(33(42)46)40-31(45)22-9-8-10-23(18-22)34(36,37)38/h5-16,18,20,27-28,30,39,44H,4,17,19H2,1-3H3,(H,40,45)/t27?,28-,30-/m0/s1. The molecule has 1 aliphatic rings. The van der Waals surface area contributed by atoms with E-state index >= 15 is 0 Å². The number of carbonyl (C=O) groups excluding carboxylic acids is 2. The first kappa shape index (κ1) is 32.8. The Morgan fingerprint density at radius 2 is 1.72 bits per heavy atom. The van der Waals surface area contributed by atoms with Crippen molar-refractivity contribution in [3.8, 4) is 5.69 Å². The molecule has 0 bridgehead atoms. The zero-order valence-electron chi connectivity index (χ0n) is 25.6. The summed E-state index contributed by atoms with van der Waals surface area (Å²) >= 11 is 0. The summed E-state index contributed by atoms with van der Waals surface area (Å²) in [6, 6.07) is 17.3. The van der Waals surface area contributed by atoms with Crippen LogP contribution in [0.25, 0.3) is 5.69 Å². The number of amides is 2. The summed E-state index contributed by atoms with van der Waals surface area (Å²) in [5, 5.41) is 21.3. The highest BCUT2D eigenvalue weighted by atomic mass is 19.4. The van der Waals surface area contributed by atoms with E-state index in [0.717, 1.165) is 18.2 Å². The Hall–Kier alpha value is -4.55. The molecule has 4 aromatic rings. The number of hydrogen-bond donors (Lipinski definition) is 3. The van der Waals surface area contributed by atoms with Crippen LogP contribution in [0, 0.1) is 11.7 Å². The van der Waals surface area contributed by atoms with Gasteiger partial charge in [-0.1, -0.05) is 50.2 Å². The number of para-hydroxylation sites is 1. The third-order valence-electron chi connectivity index (χ3n) is 7.89. The van der Waals surface area contributed by atoms with E-state index in [1.807, 2.05) is 44.2 Å². The van der Waals surface area contributed by atoms with Crippen molar-refractivity contribution in [2.75, 3.05) is 11.4 Å². The number of aliphatic hydroxyl groups excluding tert-OH is 1. The molecule has 3 N–H and O–H groups in total. The summed E-state index contributed by atoms with van der Waals surface area (Å²) in [5.41, 5.74) is 0.893. The Balaban J connectivity index is 1.67. The van der Waals surface area contributed by atoms with Gasteiger partial charge < -0.3 is 10.4 Å². The molecule has 0 saturated heterocycles. The second-order valence-corrected chi connectivity index (χ2v) is 11.6. The Morgan fingerprint density at radius 3 is 2.35 bits per heavy atom. The van der Waals surface area contributed by atoms with Crippen molar-refractivity contribution in [1.29, 1.82) is 0 Å². The highest BCUT2D eigenvalue weighted by molar-refractivity contribution is 6.05. The maximum Gasteiger partial charge on any atom is 0.416 e. The number of rotatable bonds is 10. The van der Waals surface area contributed by atoms with Gasteiger partial charge in [-0.15, -0.1) is 0 Å². The number of alkyl halides is 3. The molecule has 2 amide bonds. The second-order valence-electron chi connectivity index (χ2n) is 11.6. The maximum absolute atomic E-state index is 14.3. The predicted octanol–water partition coefficient (Wildman–Crippen LogP) is 5.78. The van der Waals surface area contributed by atoms with Gasteiger partial charge in [0.1, 0.15) is 23.9 Å². The van der Waals surface area contributed by atoms with Crippen LogP contribution in [-0.4, -0.2) is 45.5 Å². The summed E-state index contributed by atoms with van der Waals surface area (Å²) in [6.07, 6.45) is -5.06. The number of halogens is 4. The zero-order chi connectivity index (χ0) is 33.2. The van der Waals surface area contributed by atoms with E-state index in [1.54, 1.807) is 11.6 Å². The number of likely N-dealkylation sites (N-methyl/N-ethyl adjacent to an activating group) is 1. The van der Waals surface area contributed by atoms with Gasteiger partial charge >= 0.3 is 6.18 Å². The Labute approximate surface area is 264 Å². The van der Waals surface area contributed by atoms with Crippen molar-refractivity contribution in [2.45, 2.75) is 58.1 Å². The van der Waals surface area contributed by atoms with Crippen LogP contribution in [0.4, 0.5) is 23.4 Å². The molecule has 1 unspecified atom stereocenters. The smallest absolute Gasteiger partial charge is 0.379 e. The molecular formula is C34H35F4N5O3. The number of anilines is 1. The van der Waals surface area contributed by atoms with E-state index in [-0.39, 0.29) is 24.6 Å². The number of benzene rings is 3. The number of nitrogens with one attached hydrogen (secondary N) is 2. The van der Waals surface area contributed by atoms with Gasteiger partial charge in [-0.3, -0.25) is 19.8 Å². The molecular weight excluding hydrogens is 602 g/mol. The minimum Gasteiger partial charge on any atom is -0.379 e. The fraction of sp³-hybridized carbons (Fsp3) is 0.324. The van der Waals surface area contributed by atoms with Crippen LogP contribution in [0.15, 0.2) is 78.9 Å². The quantitative estimate of drug-likeness (QED) is 0.151. The van der Waals surface area contributed by atoms with E-state index in [4.69, 9.17) is 5.10 Å². The summed E-state index contributed by atoms with van der Waals surface area (Å²) < 4.78 is 56.1. The Kier molecular flexibility index (Phi) is 9.59. The first-order valence-corrected chi connectivity index (χ1v) is 15.0. The SMILES string of the molecule is CCN1C(=O)[C@@H](NC(=O)c2cccc(C(F)(F)F)c2)[C@@H](c2ccc(F)cc2)c2c(CNC(O)CC(C)C)nn(-c3ccccc3)c21. The fourth-order valence-corrected chi connectivity index (χ4v) is 5.79. The van der Waals surface area contributed by atoms with Crippen LogP contribution in [0.1, 0.15) is 65.9 Å². The van der Waals surface area contributed by atoms with Gasteiger partial charge in [0.15, 0.2) is 0 Å². The van der Waals surface area contributed by atoms with Crippen molar-refractivity contribution in [3.05, 3.63) is 113 Å². The molecule has 1 aliphatic heterocycles. The van der Waals surface area contributed by atoms with Gasteiger partial charge in [-0.05, 0) is 67.3 Å². The van der Waals surface area contributed by atoms with Crippen LogP contribution in [-0.2, 0) is 17.5 Å². The molecule has 8 nitrogen and oxygen atoms in total. The molecule has 12 heteroatoms. The molecule has 3 aromatic carbocycles. The van der Waals surface area contributed by atoms with Crippen LogP contribution in [0.2, 0.25) is 0 Å². The van der Waals surface area contributed by atoms with Crippen LogP contribution < -0.4 is 15.5 Å². The highest BCUT2D eigenvalue weighted by Crippen LogP contribution is 2.44. The minimum absolute atomic E-state index is 0.0911. The lowest BCUT2D eigenvalue weighted by Crippen LogP contribution is -2.55. The van der Waals surface area contributed by atoms with Crippen molar-refractivity contribution >= 4 is 17.6 Å². The molecule has 2 heterocycles. The average molecular weight is 638 g/mol. The van der Waals surface area contributed by atoms with E-state index in [1.165, 1.54) is 35.2 Å². The molecule has 5 rings (SSSR count). The average Bonchev–Trinajstić information content (AvgIpc) is 3.39. The highest BCUT2D eigenvalue weighted by Gasteiger charge is 2.46. The van der Waals surface area contributed by atoms with Crippen LogP contribution in [0.5, 0.6) is 0 Å². The summed E-state index contributed by atoms with van der Waals surface area (Å²) in [7, 11) is 0. The number of carbonyl (C=O) groups is 2. The van der Waals surface area contributed by atoms with Gasteiger partial charge in [-0.25, -0.2) is 9.07 Å². The van der Waals surface area contributed by atoms with E-state index in [9.17, 15) is 32.3 Å². The lowest BCUT2D eigenvalue weighted by molar-refractivity contribution is -0.137. The van der Waals surface area contributed by atoms with Crippen molar-refractivity contribution in [2.24, 2.45) is 5.92 Å². The summed E-state index contributed by atoms with van der Waals surface area (Å²) in [4.78, 5) is 29.3. The summed E-state index contributed by atoms with van der Waals surface area (Å²) in [5.74, 6) is -2.16. The van der Waals surface area contributed by atoms with Crippen molar-refractivity contribution in [1.82, 2.24) is 20.4 Å². The molecule has 46 heavy (non-hydrogen) atoms. The Morgan fingerprint density at radius 1 is 1.02 bits per heavy atom. The largest absolute Gasteiger partial charge is 0.416 e. The molecule has 0 radical (unpaired) electrons. The third kappa shape index (κ3) is 6.82. The maximum atomic E-state index is 14.3. The fourth-order valence-electron chi connectivity index (χ4n) is 5.79. The minimum atomic E-state index is -4.67. The number of aromatic nitrogens is 2. The third-order valence-corrected chi connectivity index (χ3v) is 7.89. The lowest BCUT2D eigenvalue weighted by Gasteiger charge is -2.38. The zero-order valence-corrected chi connectivity index (χ0v) is 25.6. The number of aliphatic hydroxyl groups is 1. The van der Waals surface area contributed by atoms with Gasteiger partial charge in [0.05, 0.1) is 16.9 Å². The van der Waals surface area contributed by atoms with Crippen LogP contribution in [0.3, 0.4) is 0 Å². The number of fused-ring (bicyclic) bond motifs is 1. The van der Waals surface area contributed by atoms with E-state index < -0.39 is 47.6 Å². The second kappa shape index (κ2) is 13.4. The monoisotopic (exact) mass is 637 g/mol. The van der Waals surface area contributed by atoms with Gasteiger partial charge in [0.2, 0.25) is 0 Å². The van der Waals surface area contributed by atoms with Gasteiger partial charge in [0.25, 0.3) is 11.8 Å².